The molecule has 34 heavy (non-hydrogen) atoms. The van der Waals surface area contributed by atoms with Gasteiger partial charge in [0.1, 0.15) is 17.2 Å². The van der Waals surface area contributed by atoms with Gasteiger partial charge in [-0.15, -0.1) is 0 Å². The SMILES string of the molecule is CCNC(=O)Nc1ccc(F)cc1N1CC(O)C(N2CCC3(CC2)Cc2cc(Cl)ccc2O3)C1. The molecule has 0 aliphatic carbocycles. The van der Waals surface area contributed by atoms with Crippen molar-refractivity contribution in [2.75, 3.05) is 42.9 Å². The predicted molar refractivity (Wildman–Crippen MR) is 130 cm³/mol. The Labute approximate surface area is 203 Å². The molecule has 3 heterocycles. The Morgan fingerprint density at radius 1 is 1.24 bits per heavy atom. The monoisotopic (exact) mass is 488 g/mol. The van der Waals surface area contributed by atoms with Crippen LogP contribution in [0.5, 0.6) is 5.75 Å². The Kier molecular flexibility index (Phi) is 6.31. The Hall–Kier alpha value is -2.55. The quantitative estimate of drug-likeness (QED) is 0.612. The zero-order chi connectivity index (χ0) is 23.9. The van der Waals surface area contributed by atoms with Crippen LogP contribution in [0.4, 0.5) is 20.6 Å². The number of halogens is 2. The number of carbonyl (C=O) groups excluding carboxylic acids is 1. The van der Waals surface area contributed by atoms with Gasteiger partial charge in [-0.3, -0.25) is 4.90 Å². The number of ether oxygens (including phenoxy) is 1. The molecular formula is C25H30ClFN4O3. The Balaban J connectivity index is 1.25. The third kappa shape index (κ3) is 4.54. The Morgan fingerprint density at radius 3 is 2.79 bits per heavy atom. The lowest BCUT2D eigenvalue weighted by Gasteiger charge is -2.41. The topological polar surface area (TPSA) is 77.1 Å². The predicted octanol–water partition coefficient (Wildman–Crippen LogP) is 3.64. The standard InChI is InChI=1S/C25H30ClFN4O3/c1-2-28-24(33)29-19-5-4-18(27)12-20(19)31-14-21(22(32)15-31)30-9-7-25(8-10-30)13-16-11-17(26)3-6-23(16)34-25/h3-6,11-12,21-22,32H,2,7-10,13-15H2,1H3,(H2,28,29,33). The minimum absolute atomic E-state index is 0.0730. The molecule has 3 aliphatic heterocycles. The fourth-order valence-electron chi connectivity index (χ4n) is 5.47. The number of carbonyl (C=O) groups is 1. The number of likely N-dealkylation sites (tertiary alicyclic amines) is 1. The van der Waals surface area contributed by atoms with Crippen molar-refractivity contribution in [1.29, 1.82) is 0 Å². The molecule has 0 bridgehead atoms. The summed E-state index contributed by atoms with van der Waals surface area (Å²) in [7, 11) is 0. The van der Waals surface area contributed by atoms with Crippen LogP contribution in [0.2, 0.25) is 5.02 Å². The molecule has 2 atom stereocenters. The van der Waals surface area contributed by atoms with Gasteiger partial charge in [-0.25, -0.2) is 9.18 Å². The van der Waals surface area contributed by atoms with Crippen LogP contribution < -0.4 is 20.3 Å². The van der Waals surface area contributed by atoms with Gasteiger partial charge in [0.25, 0.3) is 0 Å². The van der Waals surface area contributed by atoms with Gasteiger partial charge in [0.05, 0.1) is 23.5 Å². The first-order valence-corrected chi connectivity index (χ1v) is 12.2. The highest BCUT2D eigenvalue weighted by molar-refractivity contribution is 6.30. The smallest absolute Gasteiger partial charge is 0.319 e. The summed E-state index contributed by atoms with van der Waals surface area (Å²) in [4.78, 5) is 16.3. The minimum atomic E-state index is -0.574. The Morgan fingerprint density at radius 2 is 2.03 bits per heavy atom. The van der Waals surface area contributed by atoms with E-state index in [1.807, 2.05) is 30.0 Å². The van der Waals surface area contributed by atoms with E-state index in [4.69, 9.17) is 16.3 Å². The maximum absolute atomic E-state index is 14.1. The summed E-state index contributed by atoms with van der Waals surface area (Å²) in [5.41, 5.74) is 2.05. The average molecular weight is 489 g/mol. The molecule has 5 rings (SSSR count). The van der Waals surface area contributed by atoms with Gasteiger partial charge in [0, 0.05) is 57.0 Å². The number of nitrogens with zero attached hydrogens (tertiary/aromatic N) is 2. The molecule has 2 unspecified atom stereocenters. The lowest BCUT2D eigenvalue weighted by molar-refractivity contribution is -0.0107. The zero-order valence-electron chi connectivity index (χ0n) is 19.2. The van der Waals surface area contributed by atoms with Crippen LogP contribution in [0.25, 0.3) is 0 Å². The Bertz CT molecular complexity index is 1080. The molecule has 2 saturated heterocycles. The van der Waals surface area contributed by atoms with E-state index in [9.17, 15) is 14.3 Å². The first kappa shape index (κ1) is 23.2. The van der Waals surface area contributed by atoms with Crippen molar-refractivity contribution in [3.8, 4) is 5.75 Å². The van der Waals surface area contributed by atoms with E-state index in [1.165, 1.54) is 12.1 Å². The van der Waals surface area contributed by atoms with Gasteiger partial charge in [-0.2, -0.15) is 0 Å². The zero-order valence-corrected chi connectivity index (χ0v) is 19.9. The molecule has 1 spiro atoms. The second-order valence-electron chi connectivity index (χ2n) is 9.44. The van der Waals surface area contributed by atoms with Crippen molar-refractivity contribution >= 4 is 29.0 Å². The number of rotatable bonds is 4. The maximum Gasteiger partial charge on any atom is 0.319 e. The van der Waals surface area contributed by atoms with Gasteiger partial charge in [0.15, 0.2) is 0 Å². The van der Waals surface area contributed by atoms with Crippen molar-refractivity contribution in [2.24, 2.45) is 0 Å². The fraction of sp³-hybridized carbons (Fsp3) is 0.480. The van der Waals surface area contributed by atoms with Gasteiger partial charge < -0.3 is 25.4 Å². The lowest BCUT2D eigenvalue weighted by Crippen LogP contribution is -2.53. The van der Waals surface area contributed by atoms with Crippen LogP contribution in [0.3, 0.4) is 0 Å². The maximum atomic E-state index is 14.1. The molecule has 2 aromatic carbocycles. The highest BCUT2D eigenvalue weighted by Crippen LogP contribution is 2.42. The molecule has 2 fully saturated rings. The summed E-state index contributed by atoms with van der Waals surface area (Å²) < 4.78 is 20.5. The summed E-state index contributed by atoms with van der Waals surface area (Å²) in [6, 6.07) is 9.68. The normalized spacial score (nSPS) is 23.6. The third-order valence-corrected chi connectivity index (χ3v) is 7.42. The number of piperidine rings is 1. The van der Waals surface area contributed by atoms with Crippen molar-refractivity contribution in [3.63, 3.8) is 0 Å². The number of benzene rings is 2. The van der Waals surface area contributed by atoms with Crippen LogP contribution in [0.1, 0.15) is 25.3 Å². The molecule has 7 nitrogen and oxygen atoms in total. The third-order valence-electron chi connectivity index (χ3n) is 7.18. The minimum Gasteiger partial charge on any atom is -0.487 e. The van der Waals surface area contributed by atoms with Crippen LogP contribution in [0, 0.1) is 5.82 Å². The van der Waals surface area contributed by atoms with Crippen LogP contribution in [-0.2, 0) is 6.42 Å². The van der Waals surface area contributed by atoms with Crippen molar-refractivity contribution in [2.45, 2.75) is 43.9 Å². The van der Waals surface area contributed by atoms with E-state index in [1.54, 1.807) is 6.07 Å². The van der Waals surface area contributed by atoms with E-state index in [-0.39, 0.29) is 23.5 Å². The van der Waals surface area contributed by atoms with E-state index in [0.717, 1.165) is 48.7 Å². The van der Waals surface area contributed by atoms with Gasteiger partial charge in [-0.1, -0.05) is 11.6 Å². The number of aliphatic hydroxyl groups is 1. The number of urea groups is 1. The van der Waals surface area contributed by atoms with Gasteiger partial charge in [0.2, 0.25) is 0 Å². The van der Waals surface area contributed by atoms with Gasteiger partial charge in [-0.05, 0) is 48.9 Å². The van der Waals surface area contributed by atoms with Gasteiger partial charge >= 0.3 is 6.03 Å². The summed E-state index contributed by atoms with van der Waals surface area (Å²) in [6.07, 6.45) is 2.02. The van der Waals surface area contributed by atoms with Crippen LogP contribution >= 0.6 is 11.6 Å². The second kappa shape index (κ2) is 9.24. The molecule has 0 saturated carbocycles. The molecule has 2 aromatic rings. The molecule has 3 aliphatic rings. The molecule has 3 N–H and O–H groups in total. The van der Waals surface area contributed by atoms with Crippen LogP contribution in [0.15, 0.2) is 36.4 Å². The van der Waals surface area contributed by atoms with Crippen molar-refractivity contribution in [3.05, 3.63) is 52.8 Å². The average Bonchev–Trinajstić information content (AvgIpc) is 3.35. The number of hydrogen-bond acceptors (Lipinski definition) is 5. The molecule has 2 amide bonds. The second-order valence-corrected chi connectivity index (χ2v) is 9.87. The number of nitrogens with one attached hydrogen (secondary N) is 2. The highest BCUT2D eigenvalue weighted by Gasteiger charge is 2.45. The lowest BCUT2D eigenvalue weighted by atomic mass is 9.86. The molecular weight excluding hydrogens is 459 g/mol. The number of anilines is 2. The largest absolute Gasteiger partial charge is 0.487 e. The fourth-order valence-corrected chi connectivity index (χ4v) is 5.66. The van der Waals surface area contributed by atoms with Crippen molar-refractivity contribution in [1.82, 2.24) is 10.2 Å². The molecule has 0 aromatic heterocycles. The first-order chi connectivity index (χ1) is 16.4. The number of β-amino-alcohol motifs (C(OH)–C–C–N with tert-alkyl or cyclic N) is 1. The van der Waals surface area contributed by atoms with Crippen LogP contribution in [-0.4, -0.2) is 66.5 Å². The summed E-state index contributed by atoms with van der Waals surface area (Å²) in [5.74, 6) is 0.538. The summed E-state index contributed by atoms with van der Waals surface area (Å²) in [6.45, 7) is 4.87. The summed E-state index contributed by atoms with van der Waals surface area (Å²) in [5, 5.41) is 17.1. The number of aliphatic hydroxyl groups excluding tert-OH is 1. The van der Waals surface area contributed by atoms with E-state index in [0.29, 0.717) is 31.0 Å². The van der Waals surface area contributed by atoms with E-state index >= 15 is 0 Å². The molecule has 9 heteroatoms. The number of fused-ring (bicyclic) bond motifs is 1. The first-order valence-electron chi connectivity index (χ1n) is 11.8. The number of hydrogen-bond donors (Lipinski definition) is 3. The van der Waals surface area contributed by atoms with E-state index in [2.05, 4.69) is 15.5 Å². The van der Waals surface area contributed by atoms with Crippen molar-refractivity contribution < 1.29 is 19.0 Å². The summed E-state index contributed by atoms with van der Waals surface area (Å²) >= 11 is 6.16. The van der Waals surface area contributed by atoms with E-state index < -0.39 is 6.10 Å². The number of amides is 2. The molecule has 182 valence electrons. The highest BCUT2D eigenvalue weighted by atomic mass is 35.5. The molecule has 0 radical (unpaired) electrons.